The molecule has 0 atom stereocenters. The standard InChI is InChI=1S/C18H10F4N4O2S/c19-11-4-1-2-5-13(11)26-15(18(20,21)22)10(8-23-26)16(27)25-17-24-12(9-29-17)14-6-3-7-28-14/h1-9H,(H,24,25,27). The number of carbonyl (C=O) groups excluding carboxylic acids is 1. The second-order valence-corrected chi connectivity index (χ2v) is 6.60. The van der Waals surface area contributed by atoms with Crippen molar-refractivity contribution in [3.63, 3.8) is 0 Å². The van der Waals surface area contributed by atoms with Crippen molar-refractivity contribution in [2.45, 2.75) is 6.18 Å². The molecule has 0 saturated carbocycles. The van der Waals surface area contributed by atoms with Gasteiger partial charge in [0, 0.05) is 5.38 Å². The smallest absolute Gasteiger partial charge is 0.434 e. The number of carbonyl (C=O) groups is 1. The number of alkyl halides is 3. The fourth-order valence-electron chi connectivity index (χ4n) is 2.63. The Morgan fingerprint density at radius 1 is 1.17 bits per heavy atom. The SMILES string of the molecule is O=C(Nc1nc(-c2ccco2)cs1)c1cnn(-c2ccccc2F)c1C(F)(F)F. The van der Waals surface area contributed by atoms with Crippen molar-refractivity contribution >= 4 is 22.4 Å². The molecule has 29 heavy (non-hydrogen) atoms. The number of anilines is 1. The van der Waals surface area contributed by atoms with E-state index < -0.39 is 34.8 Å². The summed E-state index contributed by atoms with van der Waals surface area (Å²) >= 11 is 1.02. The molecule has 11 heteroatoms. The molecule has 3 aromatic heterocycles. The molecule has 0 saturated heterocycles. The Kier molecular flexibility index (Phi) is 4.66. The number of nitrogens with one attached hydrogen (secondary N) is 1. The van der Waals surface area contributed by atoms with Gasteiger partial charge in [0.15, 0.2) is 16.6 Å². The average molecular weight is 422 g/mol. The van der Waals surface area contributed by atoms with Gasteiger partial charge in [0.05, 0.1) is 18.0 Å². The van der Waals surface area contributed by atoms with Crippen LogP contribution in [0.25, 0.3) is 17.1 Å². The third-order valence-electron chi connectivity index (χ3n) is 3.86. The predicted octanol–water partition coefficient (Wildman–Crippen LogP) is 5.00. The molecule has 0 aliphatic heterocycles. The van der Waals surface area contributed by atoms with E-state index in [1.54, 1.807) is 17.5 Å². The number of hydrogen-bond acceptors (Lipinski definition) is 5. The van der Waals surface area contributed by atoms with Crippen LogP contribution in [-0.2, 0) is 6.18 Å². The summed E-state index contributed by atoms with van der Waals surface area (Å²) in [6, 6.07) is 8.15. The highest BCUT2D eigenvalue weighted by Gasteiger charge is 2.41. The van der Waals surface area contributed by atoms with Gasteiger partial charge in [0.1, 0.15) is 17.2 Å². The number of benzene rings is 1. The third-order valence-corrected chi connectivity index (χ3v) is 4.62. The molecule has 0 fully saturated rings. The van der Waals surface area contributed by atoms with E-state index in [0.717, 1.165) is 29.7 Å². The van der Waals surface area contributed by atoms with Crippen LogP contribution < -0.4 is 5.32 Å². The summed E-state index contributed by atoms with van der Waals surface area (Å²) in [6.45, 7) is 0. The summed E-state index contributed by atoms with van der Waals surface area (Å²) in [5.74, 6) is -1.53. The number of amides is 1. The maximum atomic E-state index is 14.0. The second kappa shape index (κ2) is 7.17. The van der Waals surface area contributed by atoms with Gasteiger partial charge in [-0.3, -0.25) is 10.1 Å². The number of aromatic nitrogens is 3. The fraction of sp³-hybridized carbons (Fsp3) is 0.0556. The number of furan rings is 1. The van der Waals surface area contributed by atoms with E-state index >= 15 is 0 Å². The van der Waals surface area contributed by atoms with Crippen molar-refractivity contribution < 1.29 is 26.8 Å². The van der Waals surface area contributed by atoms with Gasteiger partial charge in [-0.2, -0.15) is 18.3 Å². The molecule has 6 nitrogen and oxygen atoms in total. The van der Waals surface area contributed by atoms with Gasteiger partial charge in [-0.1, -0.05) is 12.1 Å². The molecule has 4 rings (SSSR count). The molecule has 1 amide bonds. The lowest BCUT2D eigenvalue weighted by Gasteiger charge is -2.13. The first-order valence-corrected chi connectivity index (χ1v) is 8.93. The summed E-state index contributed by atoms with van der Waals surface area (Å²) in [5, 5.41) is 7.56. The van der Waals surface area contributed by atoms with Crippen molar-refractivity contribution in [1.29, 1.82) is 0 Å². The van der Waals surface area contributed by atoms with Gasteiger partial charge in [0.25, 0.3) is 5.91 Å². The zero-order valence-corrected chi connectivity index (χ0v) is 15.1. The first-order valence-electron chi connectivity index (χ1n) is 8.05. The molecule has 1 N–H and O–H groups in total. The first kappa shape index (κ1) is 18.9. The molecule has 0 unspecified atom stereocenters. The van der Waals surface area contributed by atoms with Crippen LogP contribution in [-0.4, -0.2) is 20.7 Å². The Morgan fingerprint density at radius 3 is 2.66 bits per heavy atom. The van der Waals surface area contributed by atoms with Crippen LogP contribution in [0.5, 0.6) is 0 Å². The quantitative estimate of drug-likeness (QED) is 0.470. The molecular formula is C18H10F4N4O2S. The molecule has 0 spiro atoms. The predicted molar refractivity (Wildman–Crippen MR) is 96.3 cm³/mol. The molecule has 0 aliphatic rings. The van der Waals surface area contributed by atoms with Crippen molar-refractivity contribution in [2.24, 2.45) is 0 Å². The van der Waals surface area contributed by atoms with Gasteiger partial charge >= 0.3 is 6.18 Å². The van der Waals surface area contributed by atoms with Crippen molar-refractivity contribution in [1.82, 2.24) is 14.8 Å². The third kappa shape index (κ3) is 3.63. The lowest BCUT2D eigenvalue weighted by atomic mass is 10.2. The maximum Gasteiger partial charge on any atom is 0.434 e. The summed E-state index contributed by atoms with van der Waals surface area (Å²) in [5.41, 5.74) is -2.14. The minimum absolute atomic E-state index is 0.0770. The van der Waals surface area contributed by atoms with E-state index in [4.69, 9.17) is 4.42 Å². The molecular weight excluding hydrogens is 412 g/mol. The lowest BCUT2D eigenvalue weighted by Crippen LogP contribution is -2.21. The van der Waals surface area contributed by atoms with Crippen LogP contribution in [0.1, 0.15) is 16.1 Å². The first-order chi connectivity index (χ1) is 13.8. The Morgan fingerprint density at radius 2 is 1.97 bits per heavy atom. The zero-order chi connectivity index (χ0) is 20.6. The van der Waals surface area contributed by atoms with Crippen molar-refractivity contribution in [3.05, 3.63) is 71.3 Å². The van der Waals surface area contributed by atoms with Gasteiger partial charge in [-0.05, 0) is 24.3 Å². The topological polar surface area (TPSA) is 73.0 Å². The number of rotatable bonds is 4. The van der Waals surface area contributed by atoms with Crippen molar-refractivity contribution in [2.75, 3.05) is 5.32 Å². The molecule has 4 aromatic rings. The number of nitrogens with zero attached hydrogens (tertiary/aromatic N) is 3. The van der Waals surface area contributed by atoms with E-state index in [1.165, 1.54) is 18.4 Å². The van der Waals surface area contributed by atoms with E-state index in [9.17, 15) is 22.4 Å². The van der Waals surface area contributed by atoms with Crippen LogP contribution in [0.2, 0.25) is 0 Å². The van der Waals surface area contributed by atoms with Crippen LogP contribution in [0.15, 0.2) is 58.7 Å². The van der Waals surface area contributed by atoms with Gasteiger partial charge in [-0.25, -0.2) is 14.1 Å². The highest BCUT2D eigenvalue weighted by atomic mass is 32.1. The Labute approximate surface area is 164 Å². The summed E-state index contributed by atoms with van der Waals surface area (Å²) in [7, 11) is 0. The fourth-order valence-corrected chi connectivity index (χ4v) is 3.32. The molecule has 3 heterocycles. The number of para-hydroxylation sites is 1. The summed E-state index contributed by atoms with van der Waals surface area (Å²) < 4.78 is 60.5. The van der Waals surface area contributed by atoms with E-state index in [2.05, 4.69) is 15.4 Å². The number of thiazole rings is 1. The Bertz CT molecular complexity index is 1160. The van der Waals surface area contributed by atoms with Gasteiger partial charge in [-0.15, -0.1) is 11.3 Å². The van der Waals surface area contributed by atoms with E-state index in [1.807, 2.05) is 0 Å². The molecule has 1 aromatic carbocycles. The highest BCUT2D eigenvalue weighted by Crippen LogP contribution is 2.35. The van der Waals surface area contributed by atoms with Crippen LogP contribution >= 0.6 is 11.3 Å². The molecule has 0 radical (unpaired) electrons. The monoisotopic (exact) mass is 422 g/mol. The normalized spacial score (nSPS) is 11.6. The van der Waals surface area contributed by atoms with Crippen LogP contribution in [0.3, 0.4) is 0 Å². The Hall–Kier alpha value is -3.47. The average Bonchev–Trinajstić information content (AvgIpc) is 3.41. The van der Waals surface area contributed by atoms with E-state index in [-0.39, 0.29) is 5.13 Å². The minimum Gasteiger partial charge on any atom is -0.463 e. The minimum atomic E-state index is -4.95. The molecule has 0 bridgehead atoms. The van der Waals surface area contributed by atoms with Gasteiger partial charge < -0.3 is 4.42 Å². The number of halogens is 4. The van der Waals surface area contributed by atoms with Crippen LogP contribution in [0, 0.1) is 5.82 Å². The number of hydrogen-bond donors (Lipinski definition) is 1. The van der Waals surface area contributed by atoms with Crippen molar-refractivity contribution in [3.8, 4) is 17.1 Å². The lowest BCUT2D eigenvalue weighted by molar-refractivity contribution is -0.143. The maximum absolute atomic E-state index is 14.0. The highest BCUT2D eigenvalue weighted by molar-refractivity contribution is 7.14. The molecule has 148 valence electrons. The Balaban J connectivity index is 1.68. The van der Waals surface area contributed by atoms with Gasteiger partial charge in [0.2, 0.25) is 0 Å². The summed E-state index contributed by atoms with van der Waals surface area (Å²) in [6.07, 6.45) is -2.76. The largest absolute Gasteiger partial charge is 0.463 e. The molecule has 0 aliphatic carbocycles. The summed E-state index contributed by atoms with van der Waals surface area (Å²) in [4.78, 5) is 16.6. The van der Waals surface area contributed by atoms with Crippen LogP contribution in [0.4, 0.5) is 22.7 Å². The zero-order valence-electron chi connectivity index (χ0n) is 14.3. The second-order valence-electron chi connectivity index (χ2n) is 5.74. The van der Waals surface area contributed by atoms with E-state index in [0.29, 0.717) is 16.1 Å².